The molecule has 0 radical (unpaired) electrons. The normalized spacial score (nSPS) is 13.0. The molecule has 3 rings (SSSR count). The van der Waals surface area contributed by atoms with Gasteiger partial charge in [-0.25, -0.2) is 4.98 Å². The minimum atomic E-state index is -0.736. The van der Waals surface area contributed by atoms with Crippen molar-refractivity contribution in [3.05, 3.63) is 70.6 Å². The van der Waals surface area contributed by atoms with Gasteiger partial charge in [-0.2, -0.15) is 0 Å². The average molecular weight is 450 g/mol. The molecule has 0 aliphatic heterocycles. The Hall–Kier alpha value is -3.08. The molecule has 0 fully saturated rings. The summed E-state index contributed by atoms with van der Waals surface area (Å²) in [6.45, 7) is 10.8. The summed E-state index contributed by atoms with van der Waals surface area (Å²) in [5, 5.41) is 9.24. The van der Waals surface area contributed by atoms with Crippen molar-refractivity contribution in [1.29, 1.82) is 0 Å². The second-order valence-electron chi connectivity index (χ2n) is 8.76. The van der Waals surface area contributed by atoms with Gasteiger partial charge in [0.25, 0.3) is 0 Å². The summed E-state index contributed by atoms with van der Waals surface area (Å²) in [5.41, 5.74) is 5.51. The summed E-state index contributed by atoms with van der Waals surface area (Å²) in [6.07, 6.45) is 2.58. The minimum absolute atomic E-state index is 0.123. The van der Waals surface area contributed by atoms with Gasteiger partial charge >= 0.3 is 5.97 Å². The van der Waals surface area contributed by atoms with Crippen LogP contribution in [-0.4, -0.2) is 22.7 Å². The number of hydrogen-bond acceptors (Lipinski definition) is 4. The van der Waals surface area contributed by atoms with Crippen molar-refractivity contribution in [2.24, 2.45) is 5.92 Å². The minimum Gasteiger partial charge on any atom is -0.493 e. The molecule has 1 N–H and O–H groups in total. The monoisotopic (exact) mass is 449 g/mol. The van der Waals surface area contributed by atoms with Gasteiger partial charge in [-0.1, -0.05) is 51.0 Å². The molecule has 5 heteroatoms. The summed E-state index contributed by atoms with van der Waals surface area (Å²) < 4.78 is 11.9. The van der Waals surface area contributed by atoms with Crippen LogP contribution < -0.4 is 4.74 Å². The Morgan fingerprint density at radius 2 is 1.85 bits per heavy atom. The third-order valence-electron chi connectivity index (χ3n) is 6.45. The van der Waals surface area contributed by atoms with Gasteiger partial charge in [-0.15, -0.1) is 0 Å². The van der Waals surface area contributed by atoms with Crippen LogP contribution in [0.1, 0.15) is 67.7 Å². The molecule has 3 aromatic rings. The van der Waals surface area contributed by atoms with Crippen LogP contribution >= 0.6 is 0 Å². The van der Waals surface area contributed by atoms with Crippen molar-refractivity contribution >= 4 is 5.97 Å². The highest BCUT2D eigenvalue weighted by Gasteiger charge is 2.22. The maximum Gasteiger partial charge on any atom is 0.303 e. The zero-order valence-electron chi connectivity index (χ0n) is 20.4. The summed E-state index contributed by atoms with van der Waals surface area (Å²) in [5.74, 6) is 1.86. The summed E-state index contributed by atoms with van der Waals surface area (Å²) >= 11 is 0. The van der Waals surface area contributed by atoms with Gasteiger partial charge in [0.1, 0.15) is 11.5 Å². The number of rotatable bonds is 11. The Morgan fingerprint density at radius 3 is 2.48 bits per heavy atom. The number of benzene rings is 2. The largest absolute Gasteiger partial charge is 0.493 e. The zero-order chi connectivity index (χ0) is 24.0. The zero-order valence-corrected chi connectivity index (χ0v) is 20.4. The van der Waals surface area contributed by atoms with E-state index in [0.29, 0.717) is 18.9 Å². The molecule has 0 saturated carbocycles. The molecule has 176 valence electrons. The number of nitrogens with zero attached hydrogens (tertiary/aromatic N) is 1. The summed E-state index contributed by atoms with van der Waals surface area (Å²) in [7, 11) is 0. The maximum atomic E-state index is 11.2. The van der Waals surface area contributed by atoms with Crippen molar-refractivity contribution in [2.45, 2.75) is 66.2 Å². The molecule has 0 spiro atoms. The van der Waals surface area contributed by atoms with Crippen molar-refractivity contribution in [3.8, 4) is 17.2 Å². The van der Waals surface area contributed by atoms with Crippen LogP contribution in [0.5, 0.6) is 5.75 Å². The number of carboxylic acids is 1. The fourth-order valence-corrected chi connectivity index (χ4v) is 4.32. The molecule has 1 aromatic heterocycles. The predicted molar refractivity (Wildman–Crippen MR) is 131 cm³/mol. The highest BCUT2D eigenvalue weighted by atomic mass is 16.5. The molecule has 2 atom stereocenters. The number of carboxylic acid groups (broad SMARTS) is 1. The van der Waals surface area contributed by atoms with Crippen LogP contribution in [0.25, 0.3) is 11.5 Å². The summed E-state index contributed by atoms with van der Waals surface area (Å²) in [6, 6.07) is 14.3. The van der Waals surface area contributed by atoms with Crippen LogP contribution in [0.2, 0.25) is 0 Å². The van der Waals surface area contributed by atoms with Crippen molar-refractivity contribution < 1.29 is 19.1 Å². The Labute approximate surface area is 196 Å². The van der Waals surface area contributed by atoms with E-state index in [0.717, 1.165) is 35.6 Å². The number of aromatic nitrogens is 1. The van der Waals surface area contributed by atoms with Crippen molar-refractivity contribution in [3.63, 3.8) is 0 Å². The molecule has 2 unspecified atom stereocenters. The Balaban J connectivity index is 1.65. The van der Waals surface area contributed by atoms with E-state index >= 15 is 0 Å². The van der Waals surface area contributed by atoms with Crippen LogP contribution in [0.4, 0.5) is 0 Å². The predicted octanol–water partition coefficient (Wildman–Crippen LogP) is 6.75. The topological polar surface area (TPSA) is 72.6 Å². The molecule has 33 heavy (non-hydrogen) atoms. The van der Waals surface area contributed by atoms with Crippen molar-refractivity contribution in [2.75, 3.05) is 6.61 Å². The van der Waals surface area contributed by atoms with E-state index in [2.05, 4.69) is 56.9 Å². The first-order valence-corrected chi connectivity index (χ1v) is 11.8. The molecule has 5 nitrogen and oxygen atoms in total. The molecule has 1 heterocycles. The van der Waals surface area contributed by atoms with E-state index in [1.54, 1.807) is 0 Å². The average Bonchev–Trinajstić information content (AvgIpc) is 3.17. The second kappa shape index (κ2) is 11.2. The van der Waals surface area contributed by atoms with E-state index in [4.69, 9.17) is 9.15 Å². The lowest BCUT2D eigenvalue weighted by molar-refractivity contribution is -0.138. The standard InChI is InChI=1S/C28H35NO4/c1-6-21(17-27(30)31)19(4)25-13-12-24(16-22(25)7-2)32-15-14-26-20(5)33-28(29-26)23-10-8-18(3)9-11-23/h8-13,16,19,21H,6-7,14-15,17H2,1-5H3,(H,30,31). The number of aryl methyl sites for hydroxylation is 3. The van der Waals surface area contributed by atoms with E-state index in [-0.39, 0.29) is 18.3 Å². The molecule has 0 aliphatic rings. The summed E-state index contributed by atoms with van der Waals surface area (Å²) in [4.78, 5) is 15.9. The van der Waals surface area contributed by atoms with Crippen LogP contribution in [0.3, 0.4) is 0 Å². The first-order valence-electron chi connectivity index (χ1n) is 11.8. The Bertz CT molecular complexity index is 1070. The number of oxazole rings is 1. The quantitative estimate of drug-likeness (QED) is 0.351. The van der Waals surface area contributed by atoms with Gasteiger partial charge in [0.15, 0.2) is 0 Å². The SMILES string of the molecule is CCc1cc(OCCc2nc(-c3ccc(C)cc3)oc2C)ccc1C(C)C(CC)CC(=O)O. The molecular formula is C28H35NO4. The fraction of sp³-hybridized carbons (Fsp3) is 0.429. The molecule has 0 bridgehead atoms. The first-order chi connectivity index (χ1) is 15.8. The molecule has 2 aromatic carbocycles. The van der Waals surface area contributed by atoms with Gasteiger partial charge in [0, 0.05) is 18.4 Å². The molecular weight excluding hydrogens is 414 g/mol. The van der Waals surface area contributed by atoms with Gasteiger partial charge in [-0.05, 0) is 67.5 Å². The van der Waals surface area contributed by atoms with E-state index in [9.17, 15) is 9.90 Å². The number of ether oxygens (including phenoxy) is 1. The Morgan fingerprint density at radius 1 is 1.12 bits per heavy atom. The highest BCUT2D eigenvalue weighted by Crippen LogP contribution is 2.33. The van der Waals surface area contributed by atoms with Crippen molar-refractivity contribution in [1.82, 2.24) is 4.98 Å². The highest BCUT2D eigenvalue weighted by molar-refractivity contribution is 5.67. The van der Waals surface area contributed by atoms with Gasteiger partial charge in [0.2, 0.25) is 5.89 Å². The number of aliphatic carboxylic acids is 1. The molecule has 0 saturated heterocycles. The lowest BCUT2D eigenvalue weighted by Gasteiger charge is -2.24. The lowest BCUT2D eigenvalue weighted by Crippen LogP contribution is -2.15. The first kappa shape index (κ1) is 24.6. The smallest absolute Gasteiger partial charge is 0.303 e. The van der Waals surface area contributed by atoms with Crippen LogP contribution in [0.15, 0.2) is 46.9 Å². The van der Waals surface area contributed by atoms with Gasteiger partial charge in [-0.3, -0.25) is 4.79 Å². The molecule has 0 amide bonds. The van der Waals surface area contributed by atoms with Crippen LogP contribution in [-0.2, 0) is 17.6 Å². The van der Waals surface area contributed by atoms with Gasteiger partial charge in [0.05, 0.1) is 12.3 Å². The Kier molecular flexibility index (Phi) is 8.32. The second-order valence-corrected chi connectivity index (χ2v) is 8.76. The third-order valence-corrected chi connectivity index (χ3v) is 6.45. The fourth-order valence-electron chi connectivity index (χ4n) is 4.32. The lowest BCUT2D eigenvalue weighted by atomic mass is 9.81. The molecule has 0 aliphatic carbocycles. The number of hydrogen-bond donors (Lipinski definition) is 1. The van der Waals surface area contributed by atoms with E-state index in [1.165, 1.54) is 16.7 Å². The van der Waals surface area contributed by atoms with Crippen LogP contribution in [0, 0.1) is 19.8 Å². The third kappa shape index (κ3) is 6.25. The van der Waals surface area contributed by atoms with E-state index in [1.807, 2.05) is 25.1 Å². The van der Waals surface area contributed by atoms with E-state index < -0.39 is 5.97 Å². The van der Waals surface area contributed by atoms with Gasteiger partial charge < -0.3 is 14.3 Å². The number of carbonyl (C=O) groups is 1. The maximum absolute atomic E-state index is 11.2.